The van der Waals surface area contributed by atoms with Gasteiger partial charge in [0, 0.05) is 40.6 Å². The summed E-state index contributed by atoms with van der Waals surface area (Å²) in [5, 5.41) is 0. The molecule has 0 aromatic heterocycles. The molecule has 0 saturated carbocycles. The number of benzene rings is 2. The fourth-order valence-electron chi connectivity index (χ4n) is 2.59. The van der Waals surface area contributed by atoms with E-state index in [1.165, 1.54) is 12.1 Å². The van der Waals surface area contributed by atoms with Gasteiger partial charge in [-0.15, -0.1) is 0 Å². The van der Waals surface area contributed by atoms with Gasteiger partial charge in [0.05, 0.1) is 6.42 Å². The van der Waals surface area contributed by atoms with E-state index in [1.54, 1.807) is 24.3 Å². The van der Waals surface area contributed by atoms with Crippen LogP contribution in [0.2, 0.25) is 0 Å². The van der Waals surface area contributed by atoms with Gasteiger partial charge in [0.15, 0.2) is 0 Å². The lowest BCUT2D eigenvalue weighted by molar-refractivity contribution is -0.137. The molecule has 1 aliphatic rings. The zero-order valence-corrected chi connectivity index (χ0v) is 10.9. The molecule has 0 spiro atoms. The maximum absolute atomic E-state index is 12.9. The van der Waals surface area contributed by atoms with Crippen molar-refractivity contribution in [3.8, 4) is 11.5 Å². The molecule has 0 unspecified atom stereocenters. The van der Waals surface area contributed by atoms with Gasteiger partial charge in [-0.05, 0) is 12.1 Å². The van der Waals surface area contributed by atoms with E-state index in [0.29, 0.717) is 34.0 Å². The Labute approximate surface area is 119 Å². The van der Waals surface area contributed by atoms with Gasteiger partial charge in [-0.25, -0.2) is 0 Å². The highest BCUT2D eigenvalue weighted by Gasteiger charge is 2.37. The minimum atomic E-state index is -4.28. The standard InChI is InChI=1S/C15H13F3N2O/c16-15(17,18)7-12-10-3-1-8(19)5-13(10)21-14-6-9(20)2-4-11(12)14/h1-6,12H,7,19-20H2. The van der Waals surface area contributed by atoms with Crippen molar-refractivity contribution in [1.29, 1.82) is 0 Å². The third-order valence-corrected chi connectivity index (χ3v) is 3.48. The van der Waals surface area contributed by atoms with E-state index in [4.69, 9.17) is 16.2 Å². The van der Waals surface area contributed by atoms with Gasteiger partial charge in [0.2, 0.25) is 0 Å². The quantitative estimate of drug-likeness (QED) is 0.780. The number of anilines is 2. The molecule has 0 atom stereocenters. The van der Waals surface area contributed by atoms with Crippen LogP contribution >= 0.6 is 0 Å². The first-order valence-corrected chi connectivity index (χ1v) is 6.37. The van der Waals surface area contributed by atoms with Crippen LogP contribution in [-0.2, 0) is 0 Å². The third kappa shape index (κ3) is 2.61. The van der Waals surface area contributed by atoms with Gasteiger partial charge in [0.1, 0.15) is 11.5 Å². The number of ether oxygens (including phenoxy) is 1. The summed E-state index contributed by atoms with van der Waals surface area (Å²) in [6.07, 6.45) is -5.23. The van der Waals surface area contributed by atoms with Gasteiger partial charge in [-0.2, -0.15) is 13.2 Å². The molecule has 110 valence electrons. The lowest BCUT2D eigenvalue weighted by atomic mass is 9.85. The highest BCUT2D eigenvalue weighted by molar-refractivity contribution is 5.61. The average molecular weight is 294 g/mol. The Kier molecular flexibility index (Phi) is 2.97. The maximum Gasteiger partial charge on any atom is 0.390 e. The predicted octanol–water partition coefficient (Wildman–Crippen LogP) is 4.04. The summed E-state index contributed by atoms with van der Waals surface area (Å²) in [4.78, 5) is 0. The van der Waals surface area contributed by atoms with E-state index in [1.807, 2.05) is 0 Å². The predicted molar refractivity (Wildman–Crippen MR) is 74.3 cm³/mol. The molecule has 6 heteroatoms. The van der Waals surface area contributed by atoms with Crippen molar-refractivity contribution in [3.05, 3.63) is 47.5 Å². The van der Waals surface area contributed by atoms with Crippen LogP contribution < -0.4 is 16.2 Å². The number of hydrogen-bond donors (Lipinski definition) is 2. The van der Waals surface area contributed by atoms with E-state index in [0.717, 1.165) is 0 Å². The topological polar surface area (TPSA) is 61.3 Å². The fourth-order valence-corrected chi connectivity index (χ4v) is 2.59. The minimum Gasteiger partial charge on any atom is -0.457 e. The van der Waals surface area contributed by atoms with Crippen molar-refractivity contribution < 1.29 is 17.9 Å². The molecule has 0 saturated heterocycles. The van der Waals surface area contributed by atoms with E-state index < -0.39 is 18.5 Å². The van der Waals surface area contributed by atoms with E-state index in [9.17, 15) is 13.2 Å². The Morgan fingerprint density at radius 1 is 0.905 bits per heavy atom. The van der Waals surface area contributed by atoms with Gasteiger partial charge >= 0.3 is 6.18 Å². The van der Waals surface area contributed by atoms with Crippen LogP contribution in [0.25, 0.3) is 0 Å². The highest BCUT2D eigenvalue weighted by Crippen LogP contribution is 2.49. The van der Waals surface area contributed by atoms with Crippen LogP contribution in [0.5, 0.6) is 11.5 Å². The van der Waals surface area contributed by atoms with Crippen LogP contribution in [0.3, 0.4) is 0 Å². The van der Waals surface area contributed by atoms with E-state index in [-0.39, 0.29) is 0 Å². The highest BCUT2D eigenvalue weighted by atomic mass is 19.4. The summed E-state index contributed by atoms with van der Waals surface area (Å²) >= 11 is 0. The second kappa shape index (κ2) is 4.58. The molecule has 4 N–H and O–H groups in total. The Morgan fingerprint density at radius 3 is 1.81 bits per heavy atom. The molecule has 0 aliphatic carbocycles. The molecule has 3 nitrogen and oxygen atoms in total. The second-order valence-electron chi connectivity index (χ2n) is 5.07. The Balaban J connectivity index is 2.14. The molecular weight excluding hydrogens is 281 g/mol. The fraction of sp³-hybridized carbons (Fsp3) is 0.200. The smallest absolute Gasteiger partial charge is 0.390 e. The molecule has 2 aromatic carbocycles. The first-order valence-electron chi connectivity index (χ1n) is 6.37. The van der Waals surface area contributed by atoms with Crippen molar-refractivity contribution in [3.63, 3.8) is 0 Å². The largest absolute Gasteiger partial charge is 0.457 e. The summed E-state index contributed by atoms with van der Waals surface area (Å²) in [5.74, 6) is -0.116. The van der Waals surface area contributed by atoms with E-state index in [2.05, 4.69) is 0 Å². The van der Waals surface area contributed by atoms with Crippen molar-refractivity contribution in [1.82, 2.24) is 0 Å². The van der Waals surface area contributed by atoms with Gasteiger partial charge in [-0.1, -0.05) is 12.1 Å². The summed E-state index contributed by atoms with van der Waals surface area (Å²) in [5.41, 5.74) is 13.2. The number of fused-ring (bicyclic) bond motifs is 2. The number of halogens is 3. The number of nitrogens with two attached hydrogens (primary N) is 2. The zero-order chi connectivity index (χ0) is 15.2. The van der Waals surface area contributed by atoms with Crippen LogP contribution in [0.15, 0.2) is 36.4 Å². The van der Waals surface area contributed by atoms with Crippen molar-refractivity contribution in [2.75, 3.05) is 11.5 Å². The third-order valence-electron chi connectivity index (χ3n) is 3.48. The van der Waals surface area contributed by atoms with Crippen LogP contribution in [0.1, 0.15) is 23.5 Å². The molecule has 3 rings (SSSR count). The van der Waals surface area contributed by atoms with Gasteiger partial charge < -0.3 is 16.2 Å². The number of hydrogen-bond acceptors (Lipinski definition) is 3. The molecular formula is C15H13F3N2O. The second-order valence-corrected chi connectivity index (χ2v) is 5.07. The lowest BCUT2D eigenvalue weighted by Crippen LogP contribution is -2.18. The van der Waals surface area contributed by atoms with Crippen LogP contribution in [0.4, 0.5) is 24.5 Å². The summed E-state index contributed by atoms with van der Waals surface area (Å²) in [6.45, 7) is 0. The van der Waals surface area contributed by atoms with E-state index >= 15 is 0 Å². The molecule has 1 heterocycles. The van der Waals surface area contributed by atoms with Crippen molar-refractivity contribution in [2.45, 2.75) is 18.5 Å². The van der Waals surface area contributed by atoms with Crippen molar-refractivity contribution >= 4 is 11.4 Å². The molecule has 0 amide bonds. The molecule has 0 bridgehead atoms. The summed E-state index contributed by atoms with van der Waals surface area (Å²) in [6, 6.07) is 9.39. The first kappa shape index (κ1) is 13.6. The Morgan fingerprint density at radius 2 is 1.38 bits per heavy atom. The monoisotopic (exact) mass is 294 g/mol. The Bertz CT molecular complexity index is 646. The first-order chi connectivity index (χ1) is 9.83. The summed E-state index contributed by atoms with van der Waals surface area (Å²) < 4.78 is 44.3. The average Bonchev–Trinajstić information content (AvgIpc) is 2.35. The minimum absolute atomic E-state index is 0.349. The van der Waals surface area contributed by atoms with Crippen molar-refractivity contribution in [2.24, 2.45) is 0 Å². The Hall–Kier alpha value is -2.37. The van der Waals surface area contributed by atoms with Crippen LogP contribution in [0, 0.1) is 0 Å². The van der Waals surface area contributed by atoms with Gasteiger partial charge in [0.25, 0.3) is 0 Å². The molecule has 0 fully saturated rings. The normalized spacial score (nSPS) is 14.2. The number of rotatable bonds is 1. The molecule has 21 heavy (non-hydrogen) atoms. The number of alkyl halides is 3. The molecule has 1 aliphatic heterocycles. The van der Waals surface area contributed by atoms with Gasteiger partial charge in [-0.3, -0.25) is 0 Å². The lowest BCUT2D eigenvalue weighted by Gasteiger charge is -2.29. The summed E-state index contributed by atoms with van der Waals surface area (Å²) in [7, 11) is 0. The van der Waals surface area contributed by atoms with Crippen LogP contribution in [-0.4, -0.2) is 6.18 Å². The maximum atomic E-state index is 12.9. The molecule has 0 radical (unpaired) electrons. The SMILES string of the molecule is Nc1ccc2c(c1)Oc1cc(N)ccc1C2CC(F)(F)F. The zero-order valence-electron chi connectivity index (χ0n) is 10.9. The number of nitrogen functional groups attached to an aromatic ring is 2. The molecule has 2 aromatic rings.